The topological polar surface area (TPSA) is 0 Å². The van der Waals surface area contributed by atoms with E-state index in [1.165, 1.54) is 16.6 Å². The molecule has 0 spiro atoms. The minimum Gasteiger partial charge on any atom is -0.0830 e. The molecule has 0 N–H and O–H groups in total. The zero-order valence-corrected chi connectivity index (χ0v) is 20.0. The average molecular weight is 367 g/mol. The maximum atomic E-state index is 2.45. The summed E-state index contributed by atoms with van der Waals surface area (Å²) in [5.41, 5.74) is 4.50. The van der Waals surface area contributed by atoms with Crippen molar-refractivity contribution in [3.05, 3.63) is 65.7 Å². The molecule has 2 aromatic carbocycles. The monoisotopic (exact) mass is 367 g/mol. The first-order valence-corrected chi connectivity index (χ1v) is 11.0. The highest BCUT2D eigenvalue weighted by Gasteiger charge is 2.41. The smallest absolute Gasteiger partial charge is 0.0830 e. The van der Waals surface area contributed by atoms with Crippen molar-refractivity contribution in [3.8, 4) is 0 Å². The van der Waals surface area contributed by atoms with Gasteiger partial charge in [0.05, 0.1) is 0 Å². The lowest BCUT2D eigenvalue weighted by Gasteiger charge is -2.44. The molecule has 0 bridgehead atoms. The second-order valence-corrected chi connectivity index (χ2v) is 6.58. The third kappa shape index (κ3) is 7.56. The molecule has 0 aliphatic carbocycles. The lowest BCUT2D eigenvalue weighted by atomic mass is 9.38. The fourth-order valence-corrected chi connectivity index (χ4v) is 3.65. The van der Waals surface area contributed by atoms with E-state index >= 15 is 0 Å². The zero-order chi connectivity index (χ0) is 21.5. The van der Waals surface area contributed by atoms with Crippen molar-refractivity contribution in [2.24, 2.45) is 0 Å². The van der Waals surface area contributed by atoms with Gasteiger partial charge in [0, 0.05) is 0 Å². The van der Waals surface area contributed by atoms with Crippen LogP contribution in [0, 0.1) is 0 Å². The van der Waals surface area contributed by atoms with Gasteiger partial charge >= 0.3 is 0 Å². The molecular weight excluding hydrogens is 323 g/mol. The van der Waals surface area contributed by atoms with Crippen LogP contribution in [-0.2, 0) is 10.7 Å². The molecule has 0 saturated carbocycles. The Morgan fingerprint density at radius 1 is 0.630 bits per heavy atom. The van der Waals surface area contributed by atoms with Gasteiger partial charge in [-0.1, -0.05) is 136 Å². The van der Waals surface area contributed by atoms with Crippen molar-refractivity contribution >= 4 is 12.7 Å². The Kier molecular flexibility index (Phi) is 14.9. The molecule has 0 fully saturated rings. The lowest BCUT2D eigenvalue weighted by Crippen LogP contribution is -2.50. The van der Waals surface area contributed by atoms with Crippen LogP contribution in [0.1, 0.15) is 93.7 Å². The molecule has 27 heavy (non-hydrogen) atoms. The molecule has 0 aromatic heterocycles. The summed E-state index contributed by atoms with van der Waals surface area (Å²) in [5, 5.41) is 0.124. The molecular formula is C26H44B. The van der Waals surface area contributed by atoms with Crippen LogP contribution in [-0.4, -0.2) is 7.28 Å². The average Bonchev–Trinajstić information content (AvgIpc) is 2.74. The third-order valence-corrected chi connectivity index (χ3v) is 4.41. The standard InChI is InChI=1S/C18H20B.4C2H6/c1-17(2)13-18(3,14-9-5-4-6-10-14)19-16-12-8-7-11-15(16)17;4*1-2/h4-12H,13H2,1-3H3;4*1-2H3. The van der Waals surface area contributed by atoms with Gasteiger partial charge in [0.2, 0.25) is 0 Å². The predicted octanol–water partition coefficient (Wildman–Crippen LogP) is 7.72. The third-order valence-electron chi connectivity index (χ3n) is 4.41. The van der Waals surface area contributed by atoms with Crippen LogP contribution in [0.25, 0.3) is 0 Å². The minimum absolute atomic E-state index is 0.124. The number of rotatable bonds is 1. The summed E-state index contributed by atoms with van der Waals surface area (Å²) in [6, 6.07) is 19.7. The molecule has 1 heteroatoms. The van der Waals surface area contributed by atoms with E-state index in [1.807, 2.05) is 55.4 Å². The Balaban J connectivity index is 0. The van der Waals surface area contributed by atoms with E-state index in [0.29, 0.717) is 0 Å². The first kappa shape index (κ1) is 27.7. The number of benzene rings is 2. The van der Waals surface area contributed by atoms with Gasteiger partial charge in [0.1, 0.15) is 0 Å². The predicted molar refractivity (Wildman–Crippen MR) is 129 cm³/mol. The Labute approximate surface area is 172 Å². The van der Waals surface area contributed by atoms with Crippen LogP contribution < -0.4 is 5.46 Å². The molecule has 1 atom stereocenters. The van der Waals surface area contributed by atoms with Crippen LogP contribution >= 0.6 is 0 Å². The highest BCUT2D eigenvalue weighted by Crippen LogP contribution is 2.41. The molecule has 1 radical (unpaired) electrons. The van der Waals surface area contributed by atoms with Crippen LogP contribution in [0.2, 0.25) is 0 Å². The minimum atomic E-state index is 0.124. The van der Waals surface area contributed by atoms with Crippen molar-refractivity contribution in [2.45, 2.75) is 93.3 Å². The van der Waals surface area contributed by atoms with E-state index in [1.54, 1.807) is 0 Å². The molecule has 1 aliphatic rings. The van der Waals surface area contributed by atoms with Gasteiger partial charge in [-0.15, -0.1) is 0 Å². The van der Waals surface area contributed by atoms with E-state index in [-0.39, 0.29) is 10.7 Å². The van der Waals surface area contributed by atoms with Crippen molar-refractivity contribution in [2.75, 3.05) is 0 Å². The first-order valence-electron chi connectivity index (χ1n) is 11.0. The van der Waals surface area contributed by atoms with Gasteiger partial charge in [0.15, 0.2) is 7.28 Å². The maximum absolute atomic E-state index is 2.45. The fourth-order valence-electron chi connectivity index (χ4n) is 3.65. The molecule has 0 amide bonds. The Morgan fingerprint density at radius 3 is 1.59 bits per heavy atom. The van der Waals surface area contributed by atoms with Crippen molar-refractivity contribution < 1.29 is 0 Å². The van der Waals surface area contributed by atoms with E-state index in [9.17, 15) is 0 Å². The normalized spacial score (nSPS) is 18.0. The van der Waals surface area contributed by atoms with Crippen LogP contribution in [0.3, 0.4) is 0 Å². The van der Waals surface area contributed by atoms with E-state index in [2.05, 4.69) is 82.6 Å². The Morgan fingerprint density at radius 2 is 1.07 bits per heavy atom. The van der Waals surface area contributed by atoms with Crippen LogP contribution in [0.4, 0.5) is 0 Å². The van der Waals surface area contributed by atoms with Gasteiger partial charge < -0.3 is 0 Å². The molecule has 2 aromatic rings. The van der Waals surface area contributed by atoms with Gasteiger partial charge in [-0.25, -0.2) is 0 Å². The number of fused-ring (bicyclic) bond motifs is 1. The van der Waals surface area contributed by atoms with E-state index in [4.69, 9.17) is 0 Å². The molecule has 3 rings (SSSR count). The fraction of sp³-hybridized carbons (Fsp3) is 0.538. The van der Waals surface area contributed by atoms with Gasteiger partial charge in [-0.2, -0.15) is 0 Å². The summed E-state index contributed by atoms with van der Waals surface area (Å²) in [6.07, 6.45) is 1.15. The van der Waals surface area contributed by atoms with E-state index in [0.717, 1.165) is 6.42 Å². The van der Waals surface area contributed by atoms with Crippen molar-refractivity contribution in [3.63, 3.8) is 0 Å². The highest BCUT2D eigenvalue weighted by molar-refractivity contribution is 6.58. The largest absolute Gasteiger partial charge is 0.164 e. The molecule has 1 unspecified atom stereocenters. The van der Waals surface area contributed by atoms with Crippen molar-refractivity contribution in [1.82, 2.24) is 0 Å². The number of hydrogen-bond acceptors (Lipinski definition) is 0. The molecule has 151 valence electrons. The summed E-state index contributed by atoms with van der Waals surface area (Å²) >= 11 is 0. The van der Waals surface area contributed by atoms with Gasteiger partial charge in [0.25, 0.3) is 0 Å². The summed E-state index contributed by atoms with van der Waals surface area (Å²) < 4.78 is 0. The number of hydrogen-bond donors (Lipinski definition) is 0. The molecule has 0 saturated heterocycles. The van der Waals surface area contributed by atoms with Crippen LogP contribution in [0.15, 0.2) is 54.6 Å². The molecule has 0 nitrogen and oxygen atoms in total. The van der Waals surface area contributed by atoms with Crippen LogP contribution in [0.5, 0.6) is 0 Å². The lowest BCUT2D eigenvalue weighted by molar-refractivity contribution is 0.400. The molecule has 1 heterocycles. The van der Waals surface area contributed by atoms with Gasteiger partial charge in [-0.05, 0) is 28.3 Å². The SMILES string of the molecule is CC.CC.CC.CC.CC1(C)CC(C)(c2ccccc2)[B]c2ccccc21. The summed E-state index contributed by atoms with van der Waals surface area (Å²) in [7, 11) is 2.45. The second-order valence-electron chi connectivity index (χ2n) is 6.58. The zero-order valence-electron chi connectivity index (χ0n) is 20.0. The second kappa shape index (κ2) is 14.5. The summed E-state index contributed by atoms with van der Waals surface area (Å²) in [6.45, 7) is 23.1. The Hall–Kier alpha value is -1.50. The van der Waals surface area contributed by atoms with Gasteiger partial charge in [-0.3, -0.25) is 0 Å². The van der Waals surface area contributed by atoms with E-state index < -0.39 is 0 Å². The van der Waals surface area contributed by atoms with Crippen molar-refractivity contribution in [1.29, 1.82) is 0 Å². The maximum Gasteiger partial charge on any atom is 0.164 e. The quantitative estimate of drug-likeness (QED) is 0.453. The summed E-state index contributed by atoms with van der Waals surface area (Å²) in [4.78, 5) is 0. The first-order chi connectivity index (χ1) is 13.0. The Bertz CT molecular complexity index is 586. The molecule has 1 aliphatic heterocycles. The summed E-state index contributed by atoms with van der Waals surface area (Å²) in [5.74, 6) is 0. The highest BCUT2D eigenvalue weighted by atomic mass is 14.4.